The standard InChI is InChI=1S/C15H20N2O4/c18-15(19)11-16(13-6-2-3-7-13)10-9-12-5-1-4-8-14(12)17(20)21/h1,4-5,8,13H,2-3,6-7,9-11H2,(H,18,19). The van der Waals surface area contributed by atoms with Crippen molar-refractivity contribution in [3.05, 3.63) is 39.9 Å². The van der Waals surface area contributed by atoms with Gasteiger partial charge in [0.2, 0.25) is 0 Å². The summed E-state index contributed by atoms with van der Waals surface area (Å²) in [5.74, 6) is -0.843. The highest BCUT2D eigenvalue weighted by Crippen LogP contribution is 2.24. The third-order valence-corrected chi connectivity index (χ3v) is 4.04. The van der Waals surface area contributed by atoms with Gasteiger partial charge in [0.1, 0.15) is 0 Å². The number of carbonyl (C=O) groups is 1. The van der Waals surface area contributed by atoms with Crippen LogP contribution in [0.2, 0.25) is 0 Å². The van der Waals surface area contributed by atoms with Crippen molar-refractivity contribution in [1.29, 1.82) is 0 Å². The highest BCUT2D eigenvalue weighted by Gasteiger charge is 2.24. The van der Waals surface area contributed by atoms with Crippen LogP contribution in [0.5, 0.6) is 0 Å². The Labute approximate surface area is 123 Å². The number of nitro groups is 1. The van der Waals surface area contributed by atoms with Crippen molar-refractivity contribution in [2.45, 2.75) is 38.1 Å². The molecule has 1 aliphatic rings. The van der Waals surface area contributed by atoms with Crippen LogP contribution >= 0.6 is 0 Å². The smallest absolute Gasteiger partial charge is 0.317 e. The summed E-state index contributed by atoms with van der Waals surface area (Å²) in [6.45, 7) is 0.549. The lowest BCUT2D eigenvalue weighted by Crippen LogP contribution is -2.39. The van der Waals surface area contributed by atoms with Crippen molar-refractivity contribution in [2.75, 3.05) is 13.1 Å². The number of para-hydroxylation sites is 1. The Morgan fingerprint density at radius 3 is 2.62 bits per heavy atom. The summed E-state index contributed by atoms with van der Waals surface area (Å²) in [4.78, 5) is 23.6. The molecular formula is C15H20N2O4. The zero-order valence-electron chi connectivity index (χ0n) is 11.9. The third-order valence-electron chi connectivity index (χ3n) is 4.04. The number of carboxylic acid groups (broad SMARTS) is 1. The van der Waals surface area contributed by atoms with Crippen LogP contribution in [0.25, 0.3) is 0 Å². The zero-order valence-corrected chi connectivity index (χ0v) is 11.9. The minimum Gasteiger partial charge on any atom is -0.480 e. The molecule has 1 N–H and O–H groups in total. The van der Waals surface area contributed by atoms with Crippen LogP contribution in [0.1, 0.15) is 31.2 Å². The molecule has 1 aromatic carbocycles. The van der Waals surface area contributed by atoms with Gasteiger partial charge < -0.3 is 5.11 Å². The van der Waals surface area contributed by atoms with Gasteiger partial charge in [0.15, 0.2) is 0 Å². The first kappa shape index (κ1) is 15.4. The molecule has 6 nitrogen and oxygen atoms in total. The molecule has 6 heteroatoms. The van der Waals surface area contributed by atoms with Crippen LogP contribution in [0, 0.1) is 10.1 Å². The van der Waals surface area contributed by atoms with Gasteiger partial charge in [0.25, 0.3) is 5.69 Å². The number of nitrogens with zero attached hydrogens (tertiary/aromatic N) is 2. The maximum atomic E-state index is 11.0. The minimum atomic E-state index is -0.843. The van der Waals surface area contributed by atoms with E-state index in [-0.39, 0.29) is 17.2 Å². The van der Waals surface area contributed by atoms with E-state index >= 15 is 0 Å². The van der Waals surface area contributed by atoms with Gasteiger partial charge in [-0.1, -0.05) is 31.0 Å². The number of rotatable bonds is 7. The Hall–Kier alpha value is -1.95. The zero-order chi connectivity index (χ0) is 15.2. The van der Waals surface area contributed by atoms with E-state index in [1.165, 1.54) is 6.07 Å². The second-order valence-electron chi connectivity index (χ2n) is 5.44. The number of aliphatic carboxylic acids is 1. The molecule has 0 heterocycles. The van der Waals surface area contributed by atoms with Gasteiger partial charge >= 0.3 is 5.97 Å². The number of benzene rings is 1. The fourth-order valence-electron chi connectivity index (χ4n) is 3.00. The predicted molar refractivity (Wildman–Crippen MR) is 78.3 cm³/mol. The molecule has 0 amide bonds. The van der Waals surface area contributed by atoms with Crippen molar-refractivity contribution in [1.82, 2.24) is 4.90 Å². The Morgan fingerprint density at radius 2 is 2.00 bits per heavy atom. The predicted octanol–water partition coefficient (Wildman–Crippen LogP) is 2.47. The largest absolute Gasteiger partial charge is 0.480 e. The Bertz CT molecular complexity index is 512. The molecule has 0 bridgehead atoms. The summed E-state index contributed by atoms with van der Waals surface area (Å²) >= 11 is 0. The molecule has 1 fully saturated rings. The number of hydrogen-bond acceptors (Lipinski definition) is 4. The number of nitro benzene ring substituents is 1. The van der Waals surface area contributed by atoms with E-state index in [2.05, 4.69) is 0 Å². The van der Waals surface area contributed by atoms with Crippen LogP contribution in [0.3, 0.4) is 0 Å². The normalized spacial score (nSPS) is 15.5. The molecule has 1 aromatic rings. The molecule has 114 valence electrons. The molecule has 21 heavy (non-hydrogen) atoms. The molecular weight excluding hydrogens is 272 g/mol. The molecule has 1 aliphatic carbocycles. The second-order valence-corrected chi connectivity index (χ2v) is 5.44. The minimum absolute atomic E-state index is 0.00526. The van der Waals surface area contributed by atoms with Crippen molar-refractivity contribution < 1.29 is 14.8 Å². The van der Waals surface area contributed by atoms with Crippen LogP contribution in [0.15, 0.2) is 24.3 Å². The van der Waals surface area contributed by atoms with E-state index in [9.17, 15) is 14.9 Å². The monoisotopic (exact) mass is 292 g/mol. The van der Waals surface area contributed by atoms with E-state index < -0.39 is 5.97 Å². The average molecular weight is 292 g/mol. The van der Waals surface area contributed by atoms with Gasteiger partial charge in [-0.15, -0.1) is 0 Å². The van der Waals surface area contributed by atoms with Crippen molar-refractivity contribution in [3.63, 3.8) is 0 Å². The fourth-order valence-corrected chi connectivity index (χ4v) is 3.00. The summed E-state index contributed by atoms with van der Waals surface area (Å²) in [7, 11) is 0. The van der Waals surface area contributed by atoms with E-state index in [1.807, 2.05) is 4.90 Å². The van der Waals surface area contributed by atoms with Crippen molar-refractivity contribution in [3.8, 4) is 0 Å². The lowest BCUT2D eigenvalue weighted by Gasteiger charge is -2.27. The van der Waals surface area contributed by atoms with Gasteiger partial charge in [0, 0.05) is 24.2 Å². The first-order valence-electron chi connectivity index (χ1n) is 7.26. The maximum absolute atomic E-state index is 11.0. The fraction of sp³-hybridized carbons (Fsp3) is 0.533. The highest BCUT2D eigenvalue weighted by atomic mass is 16.6. The average Bonchev–Trinajstić information content (AvgIpc) is 2.97. The molecule has 0 saturated heterocycles. The molecule has 0 atom stereocenters. The first-order valence-corrected chi connectivity index (χ1v) is 7.26. The topological polar surface area (TPSA) is 83.7 Å². The highest BCUT2D eigenvalue weighted by molar-refractivity contribution is 5.69. The van der Waals surface area contributed by atoms with Gasteiger partial charge in [-0.25, -0.2) is 0 Å². The lowest BCUT2D eigenvalue weighted by atomic mass is 10.1. The number of hydrogen-bond donors (Lipinski definition) is 1. The van der Waals surface area contributed by atoms with Crippen LogP contribution in [-0.2, 0) is 11.2 Å². The molecule has 0 aromatic heterocycles. The summed E-state index contributed by atoms with van der Waals surface area (Å²) in [5.41, 5.74) is 0.773. The third kappa shape index (κ3) is 4.26. The Kier molecular flexibility index (Phi) is 5.27. The van der Waals surface area contributed by atoms with E-state index in [0.717, 1.165) is 25.7 Å². The molecule has 0 aliphatic heterocycles. The van der Waals surface area contributed by atoms with E-state index in [1.54, 1.807) is 18.2 Å². The molecule has 0 radical (unpaired) electrons. The van der Waals surface area contributed by atoms with Crippen molar-refractivity contribution in [2.24, 2.45) is 0 Å². The quantitative estimate of drug-likeness (QED) is 0.616. The van der Waals surface area contributed by atoms with Crippen LogP contribution < -0.4 is 0 Å². The molecule has 0 spiro atoms. The Balaban J connectivity index is 2.04. The van der Waals surface area contributed by atoms with Gasteiger partial charge in [-0.05, 0) is 19.3 Å². The SMILES string of the molecule is O=C(O)CN(CCc1ccccc1[N+](=O)[O-])C1CCCC1. The van der Waals surface area contributed by atoms with Crippen LogP contribution in [-0.4, -0.2) is 40.0 Å². The number of carboxylic acids is 1. The van der Waals surface area contributed by atoms with E-state index in [0.29, 0.717) is 24.6 Å². The van der Waals surface area contributed by atoms with Crippen molar-refractivity contribution >= 4 is 11.7 Å². The maximum Gasteiger partial charge on any atom is 0.317 e. The summed E-state index contributed by atoms with van der Waals surface area (Å²) in [5, 5.41) is 20.0. The lowest BCUT2D eigenvalue weighted by molar-refractivity contribution is -0.385. The second kappa shape index (κ2) is 7.17. The summed E-state index contributed by atoms with van der Waals surface area (Å²) in [6, 6.07) is 6.95. The summed E-state index contributed by atoms with van der Waals surface area (Å²) in [6.07, 6.45) is 4.80. The van der Waals surface area contributed by atoms with Crippen LogP contribution in [0.4, 0.5) is 5.69 Å². The molecule has 2 rings (SSSR count). The van der Waals surface area contributed by atoms with Gasteiger partial charge in [-0.2, -0.15) is 0 Å². The first-order chi connectivity index (χ1) is 10.1. The molecule has 1 saturated carbocycles. The summed E-state index contributed by atoms with van der Waals surface area (Å²) < 4.78 is 0. The Morgan fingerprint density at radius 1 is 1.33 bits per heavy atom. The molecule has 0 unspecified atom stereocenters. The van der Waals surface area contributed by atoms with Gasteiger partial charge in [-0.3, -0.25) is 19.8 Å². The van der Waals surface area contributed by atoms with Gasteiger partial charge in [0.05, 0.1) is 11.5 Å². The van der Waals surface area contributed by atoms with E-state index in [4.69, 9.17) is 5.11 Å².